The van der Waals surface area contributed by atoms with Crippen LogP contribution in [0.5, 0.6) is 0 Å². The van der Waals surface area contributed by atoms with Crippen molar-refractivity contribution >= 4 is 45.1 Å². The quantitative estimate of drug-likeness (QED) is 0.284. The smallest absolute Gasteiger partial charge is 0.0487 e. The van der Waals surface area contributed by atoms with Crippen LogP contribution in [0.2, 0.25) is 0 Å². The molecular formula is C29H23N. The molecule has 5 rings (SSSR count). The minimum Gasteiger partial charge on any atom is -0.344 e. The van der Waals surface area contributed by atoms with Gasteiger partial charge in [0, 0.05) is 23.8 Å². The average Bonchev–Trinajstić information content (AvgIpc) is 2.82. The third-order valence-corrected chi connectivity index (χ3v) is 5.65. The van der Waals surface area contributed by atoms with Crippen LogP contribution in [0.3, 0.4) is 0 Å². The first-order valence-electron chi connectivity index (χ1n) is 10.3. The van der Waals surface area contributed by atoms with Gasteiger partial charge in [0.15, 0.2) is 0 Å². The molecule has 0 aliphatic heterocycles. The van der Waals surface area contributed by atoms with Gasteiger partial charge in [-0.25, -0.2) is 0 Å². The predicted molar refractivity (Wildman–Crippen MR) is 131 cm³/mol. The molecular weight excluding hydrogens is 362 g/mol. The summed E-state index contributed by atoms with van der Waals surface area (Å²) in [7, 11) is 2.13. The molecule has 0 radical (unpaired) electrons. The fourth-order valence-corrected chi connectivity index (χ4v) is 3.95. The van der Waals surface area contributed by atoms with E-state index < -0.39 is 0 Å². The highest BCUT2D eigenvalue weighted by Gasteiger charge is 2.07. The fraction of sp³-hybridized carbons (Fsp3) is 0.0345. The maximum absolute atomic E-state index is 2.25. The number of fused-ring (bicyclic) bond motifs is 2. The molecule has 1 nitrogen and oxygen atoms in total. The first kappa shape index (κ1) is 18.2. The minimum absolute atomic E-state index is 1.18. The number of anilines is 2. The molecule has 0 aliphatic carbocycles. The Bertz CT molecular complexity index is 1340. The Kier molecular flexibility index (Phi) is 4.78. The van der Waals surface area contributed by atoms with E-state index in [1.54, 1.807) is 0 Å². The van der Waals surface area contributed by atoms with Gasteiger partial charge in [0.05, 0.1) is 0 Å². The molecule has 0 fully saturated rings. The van der Waals surface area contributed by atoms with E-state index in [4.69, 9.17) is 0 Å². The molecule has 5 aromatic rings. The van der Waals surface area contributed by atoms with E-state index >= 15 is 0 Å². The molecule has 0 spiro atoms. The Hall–Kier alpha value is -3.84. The molecule has 0 atom stereocenters. The fourth-order valence-electron chi connectivity index (χ4n) is 3.95. The van der Waals surface area contributed by atoms with Crippen LogP contribution in [0, 0.1) is 0 Å². The van der Waals surface area contributed by atoms with Crippen LogP contribution in [0.1, 0.15) is 11.1 Å². The van der Waals surface area contributed by atoms with Crippen LogP contribution in [-0.2, 0) is 0 Å². The van der Waals surface area contributed by atoms with E-state index in [-0.39, 0.29) is 0 Å². The van der Waals surface area contributed by atoms with Gasteiger partial charge in [0.25, 0.3) is 0 Å². The molecule has 30 heavy (non-hydrogen) atoms. The summed E-state index contributed by atoms with van der Waals surface area (Å²) in [4.78, 5) is 2.25. The normalized spacial score (nSPS) is 11.4. The lowest BCUT2D eigenvalue weighted by Gasteiger charge is -2.21. The van der Waals surface area contributed by atoms with E-state index in [0.717, 1.165) is 0 Å². The molecule has 0 heterocycles. The lowest BCUT2D eigenvalue weighted by molar-refractivity contribution is 1.22. The van der Waals surface area contributed by atoms with Crippen LogP contribution in [0.25, 0.3) is 33.7 Å². The first-order valence-corrected chi connectivity index (χ1v) is 10.3. The van der Waals surface area contributed by atoms with Crippen molar-refractivity contribution in [3.05, 3.63) is 120 Å². The average molecular weight is 386 g/mol. The van der Waals surface area contributed by atoms with E-state index in [9.17, 15) is 0 Å². The van der Waals surface area contributed by atoms with Gasteiger partial charge in [-0.2, -0.15) is 0 Å². The van der Waals surface area contributed by atoms with Crippen molar-refractivity contribution in [1.82, 2.24) is 0 Å². The zero-order chi connectivity index (χ0) is 20.3. The highest BCUT2D eigenvalue weighted by atomic mass is 15.1. The molecule has 0 N–H and O–H groups in total. The molecule has 0 aromatic heterocycles. The maximum atomic E-state index is 2.25. The number of hydrogen-bond donors (Lipinski definition) is 0. The summed E-state index contributed by atoms with van der Waals surface area (Å²) < 4.78 is 0. The van der Waals surface area contributed by atoms with Crippen LogP contribution < -0.4 is 4.90 Å². The van der Waals surface area contributed by atoms with Gasteiger partial charge in [-0.3, -0.25) is 0 Å². The molecule has 144 valence electrons. The number of nitrogens with zero attached hydrogens (tertiary/aromatic N) is 1. The van der Waals surface area contributed by atoms with Gasteiger partial charge in [0.1, 0.15) is 0 Å². The lowest BCUT2D eigenvalue weighted by Crippen LogP contribution is -2.09. The third-order valence-electron chi connectivity index (χ3n) is 5.65. The largest absolute Gasteiger partial charge is 0.344 e. The zero-order valence-corrected chi connectivity index (χ0v) is 17.0. The van der Waals surface area contributed by atoms with Crippen molar-refractivity contribution in [1.29, 1.82) is 0 Å². The van der Waals surface area contributed by atoms with E-state index in [1.807, 2.05) is 0 Å². The molecule has 0 aliphatic rings. The number of benzene rings is 5. The summed E-state index contributed by atoms with van der Waals surface area (Å²) in [6.45, 7) is 0. The van der Waals surface area contributed by atoms with Crippen molar-refractivity contribution in [3.63, 3.8) is 0 Å². The summed E-state index contributed by atoms with van der Waals surface area (Å²) in [5, 5.41) is 5.07. The third kappa shape index (κ3) is 3.58. The predicted octanol–water partition coefficient (Wildman–Crippen LogP) is 7.93. The van der Waals surface area contributed by atoms with Gasteiger partial charge >= 0.3 is 0 Å². The van der Waals surface area contributed by atoms with Crippen molar-refractivity contribution in [2.45, 2.75) is 0 Å². The van der Waals surface area contributed by atoms with Gasteiger partial charge in [-0.1, -0.05) is 97.1 Å². The molecule has 0 saturated heterocycles. The number of hydrogen-bond acceptors (Lipinski definition) is 1. The second kappa shape index (κ2) is 7.88. The standard InChI is InChI=1S/C29H23N/c1-30(29-12-6-10-25-8-4-5-11-28(25)29)27-19-16-22(17-20-27)13-14-23-15-18-24-7-2-3-9-26(24)21-23/h2-21H,1H3. The number of rotatable bonds is 4. The Morgan fingerprint density at radius 3 is 2.00 bits per heavy atom. The van der Waals surface area contributed by atoms with Crippen molar-refractivity contribution in [3.8, 4) is 0 Å². The van der Waals surface area contributed by atoms with Gasteiger partial charge in [0.2, 0.25) is 0 Å². The van der Waals surface area contributed by atoms with E-state index in [2.05, 4.69) is 133 Å². The van der Waals surface area contributed by atoms with Crippen LogP contribution in [0.4, 0.5) is 11.4 Å². The monoisotopic (exact) mass is 385 g/mol. The van der Waals surface area contributed by atoms with E-state index in [1.165, 1.54) is 44.0 Å². The highest BCUT2D eigenvalue weighted by Crippen LogP contribution is 2.31. The van der Waals surface area contributed by atoms with Gasteiger partial charge < -0.3 is 4.90 Å². The SMILES string of the molecule is CN(c1ccc(C=Cc2ccc3ccccc3c2)cc1)c1cccc2ccccc12. The van der Waals surface area contributed by atoms with Crippen molar-refractivity contribution in [2.75, 3.05) is 11.9 Å². The molecule has 5 aromatic carbocycles. The van der Waals surface area contributed by atoms with Gasteiger partial charge in [-0.15, -0.1) is 0 Å². The van der Waals surface area contributed by atoms with Crippen LogP contribution >= 0.6 is 0 Å². The molecule has 0 saturated carbocycles. The molecule has 0 amide bonds. The summed E-state index contributed by atoms with van der Waals surface area (Å²) >= 11 is 0. The highest BCUT2D eigenvalue weighted by molar-refractivity contribution is 5.96. The van der Waals surface area contributed by atoms with Crippen LogP contribution in [-0.4, -0.2) is 7.05 Å². The Labute approximate surface area is 177 Å². The summed E-state index contributed by atoms with van der Waals surface area (Å²) in [6, 6.07) is 38.7. The lowest BCUT2D eigenvalue weighted by atomic mass is 10.1. The molecule has 0 bridgehead atoms. The topological polar surface area (TPSA) is 3.24 Å². The van der Waals surface area contributed by atoms with Crippen molar-refractivity contribution < 1.29 is 0 Å². The first-order chi connectivity index (χ1) is 14.8. The minimum atomic E-state index is 1.18. The summed E-state index contributed by atoms with van der Waals surface area (Å²) in [5.74, 6) is 0. The summed E-state index contributed by atoms with van der Waals surface area (Å²) in [6.07, 6.45) is 4.35. The zero-order valence-electron chi connectivity index (χ0n) is 17.0. The Morgan fingerprint density at radius 2 is 1.17 bits per heavy atom. The van der Waals surface area contributed by atoms with Crippen LogP contribution in [0.15, 0.2) is 109 Å². The van der Waals surface area contributed by atoms with Gasteiger partial charge in [-0.05, 0) is 51.6 Å². The second-order valence-electron chi connectivity index (χ2n) is 7.59. The van der Waals surface area contributed by atoms with E-state index in [0.29, 0.717) is 0 Å². The molecule has 1 heteroatoms. The second-order valence-corrected chi connectivity index (χ2v) is 7.59. The maximum Gasteiger partial charge on any atom is 0.0487 e. The molecule has 0 unspecified atom stereocenters. The Balaban J connectivity index is 1.38. The van der Waals surface area contributed by atoms with Crippen molar-refractivity contribution in [2.24, 2.45) is 0 Å². The summed E-state index contributed by atoms with van der Waals surface area (Å²) in [5.41, 5.74) is 4.80. The Morgan fingerprint density at radius 1 is 0.533 bits per heavy atom.